The molecule has 2 heterocycles. The molecule has 0 unspecified atom stereocenters. The largest absolute Gasteiger partial charge is 0.325 e. The first-order valence-corrected chi connectivity index (χ1v) is 8.96. The van der Waals surface area contributed by atoms with E-state index in [1.54, 1.807) is 23.5 Å². The van der Waals surface area contributed by atoms with Gasteiger partial charge in [0.15, 0.2) is 5.82 Å². The molecule has 0 spiro atoms. The van der Waals surface area contributed by atoms with Gasteiger partial charge in [0.25, 0.3) is 0 Å². The lowest BCUT2D eigenvalue weighted by molar-refractivity contribution is -0.113. The number of rotatable bonds is 6. The monoisotopic (exact) mass is 355 g/mol. The highest BCUT2D eigenvalue weighted by Crippen LogP contribution is 2.23. The van der Waals surface area contributed by atoms with Crippen LogP contribution < -0.4 is 5.32 Å². The minimum absolute atomic E-state index is 0.129. The minimum Gasteiger partial charge on any atom is -0.325 e. The van der Waals surface area contributed by atoms with Crippen molar-refractivity contribution in [3.63, 3.8) is 0 Å². The average Bonchev–Trinajstić information content (AvgIpc) is 3.26. The number of carbonyl (C=O) groups excluding carboxylic acids is 1. The first-order chi connectivity index (χ1) is 11.7. The molecule has 0 bridgehead atoms. The second kappa shape index (κ2) is 7.77. The Balaban J connectivity index is 1.51. The zero-order valence-corrected chi connectivity index (χ0v) is 14.2. The predicted octanol–water partition coefficient (Wildman–Crippen LogP) is 3.33. The Morgan fingerprint density at radius 3 is 2.88 bits per heavy atom. The highest BCUT2D eigenvalue weighted by molar-refractivity contribution is 7.99. The lowest BCUT2D eigenvalue weighted by Gasteiger charge is -2.04. The van der Waals surface area contributed by atoms with Crippen molar-refractivity contribution in [2.45, 2.75) is 11.6 Å². The van der Waals surface area contributed by atoms with Crippen LogP contribution >= 0.6 is 23.1 Å². The lowest BCUT2D eigenvalue weighted by atomic mass is 10.1. The number of amides is 1. The number of H-pyrrole nitrogens is 1. The van der Waals surface area contributed by atoms with Gasteiger partial charge in [0, 0.05) is 5.69 Å². The average molecular weight is 355 g/mol. The fourth-order valence-electron chi connectivity index (χ4n) is 1.96. The number of hydrogen-bond acceptors (Lipinski definition) is 6. The molecular formula is C16H13N5OS2. The summed E-state index contributed by atoms with van der Waals surface area (Å²) in [6, 6.07) is 13.2. The molecule has 1 aromatic carbocycles. The van der Waals surface area contributed by atoms with Crippen LogP contribution in [0, 0.1) is 11.3 Å². The molecule has 0 saturated carbocycles. The van der Waals surface area contributed by atoms with Crippen LogP contribution in [-0.4, -0.2) is 26.8 Å². The van der Waals surface area contributed by atoms with Crippen molar-refractivity contribution in [3.8, 4) is 16.8 Å². The SMILES string of the molecule is N#CCc1ccc(NC(=O)CSc2n[nH]c(-c3cccs3)n2)cc1. The molecule has 3 rings (SSSR count). The quantitative estimate of drug-likeness (QED) is 0.661. The molecule has 8 heteroatoms. The summed E-state index contributed by atoms with van der Waals surface area (Å²) in [7, 11) is 0. The van der Waals surface area contributed by atoms with E-state index in [-0.39, 0.29) is 11.7 Å². The van der Waals surface area contributed by atoms with Gasteiger partial charge in [-0.15, -0.1) is 16.4 Å². The lowest BCUT2D eigenvalue weighted by Crippen LogP contribution is -2.14. The Bertz CT molecular complexity index is 849. The third kappa shape index (κ3) is 4.22. The van der Waals surface area contributed by atoms with Gasteiger partial charge in [0.05, 0.1) is 23.1 Å². The molecule has 0 fully saturated rings. The van der Waals surface area contributed by atoms with Crippen molar-refractivity contribution in [2.75, 3.05) is 11.1 Å². The standard InChI is InChI=1S/C16H13N5OS2/c17-8-7-11-3-5-12(6-4-11)18-14(22)10-24-16-19-15(20-21-16)13-2-1-9-23-13/h1-6,9H,7,10H2,(H,18,22)(H,19,20,21). The maximum absolute atomic E-state index is 12.0. The molecule has 24 heavy (non-hydrogen) atoms. The summed E-state index contributed by atoms with van der Waals surface area (Å²) < 4.78 is 0. The Morgan fingerprint density at radius 2 is 2.17 bits per heavy atom. The van der Waals surface area contributed by atoms with E-state index in [1.807, 2.05) is 29.6 Å². The predicted molar refractivity (Wildman–Crippen MR) is 94.8 cm³/mol. The van der Waals surface area contributed by atoms with E-state index in [4.69, 9.17) is 5.26 Å². The number of nitrogens with one attached hydrogen (secondary N) is 2. The number of aromatic amines is 1. The molecule has 1 amide bonds. The van der Waals surface area contributed by atoms with Gasteiger partial charge in [0.1, 0.15) is 0 Å². The van der Waals surface area contributed by atoms with Crippen molar-refractivity contribution in [3.05, 3.63) is 47.3 Å². The van der Waals surface area contributed by atoms with Crippen LogP contribution in [0.5, 0.6) is 0 Å². The number of thioether (sulfide) groups is 1. The zero-order chi connectivity index (χ0) is 16.8. The summed E-state index contributed by atoms with van der Waals surface area (Å²) in [5.74, 6) is 0.804. The summed E-state index contributed by atoms with van der Waals surface area (Å²) >= 11 is 2.85. The van der Waals surface area contributed by atoms with Crippen molar-refractivity contribution in [1.29, 1.82) is 5.26 Å². The molecule has 0 saturated heterocycles. The van der Waals surface area contributed by atoms with Gasteiger partial charge in [-0.05, 0) is 29.1 Å². The van der Waals surface area contributed by atoms with Crippen molar-refractivity contribution < 1.29 is 4.79 Å². The molecule has 0 aliphatic carbocycles. The summed E-state index contributed by atoms with van der Waals surface area (Å²) in [6.45, 7) is 0. The first kappa shape index (κ1) is 16.2. The Morgan fingerprint density at radius 1 is 1.33 bits per heavy atom. The minimum atomic E-state index is -0.129. The van der Waals surface area contributed by atoms with Gasteiger partial charge < -0.3 is 5.32 Å². The van der Waals surface area contributed by atoms with Crippen LogP contribution in [0.4, 0.5) is 5.69 Å². The molecule has 0 aliphatic rings. The second-order valence-electron chi connectivity index (χ2n) is 4.81. The van der Waals surface area contributed by atoms with Crippen LogP contribution in [-0.2, 0) is 11.2 Å². The molecular weight excluding hydrogens is 342 g/mol. The van der Waals surface area contributed by atoms with E-state index in [1.165, 1.54) is 11.8 Å². The van der Waals surface area contributed by atoms with Gasteiger partial charge in [-0.25, -0.2) is 4.98 Å². The van der Waals surface area contributed by atoms with Crippen molar-refractivity contribution >= 4 is 34.7 Å². The van der Waals surface area contributed by atoms with E-state index in [2.05, 4.69) is 26.6 Å². The van der Waals surface area contributed by atoms with Crippen LogP contribution in [0.2, 0.25) is 0 Å². The first-order valence-electron chi connectivity index (χ1n) is 7.09. The second-order valence-corrected chi connectivity index (χ2v) is 6.70. The molecule has 6 nitrogen and oxygen atoms in total. The Labute approximate surface area is 146 Å². The number of nitrogens with zero attached hydrogens (tertiary/aromatic N) is 3. The van der Waals surface area contributed by atoms with Gasteiger partial charge >= 0.3 is 0 Å². The molecule has 0 aliphatic heterocycles. The summed E-state index contributed by atoms with van der Waals surface area (Å²) in [6.07, 6.45) is 0.363. The maximum atomic E-state index is 12.0. The Hall–Kier alpha value is -2.63. The van der Waals surface area contributed by atoms with E-state index in [0.29, 0.717) is 23.1 Å². The third-order valence-electron chi connectivity index (χ3n) is 3.07. The highest BCUT2D eigenvalue weighted by atomic mass is 32.2. The van der Waals surface area contributed by atoms with E-state index in [9.17, 15) is 4.79 Å². The summed E-state index contributed by atoms with van der Waals surface area (Å²) in [5.41, 5.74) is 1.63. The van der Waals surface area contributed by atoms with E-state index >= 15 is 0 Å². The number of aromatic nitrogens is 3. The molecule has 2 N–H and O–H groups in total. The van der Waals surface area contributed by atoms with Gasteiger partial charge in [-0.2, -0.15) is 5.26 Å². The number of anilines is 1. The van der Waals surface area contributed by atoms with Gasteiger partial charge in [-0.3, -0.25) is 9.89 Å². The fraction of sp³-hybridized carbons (Fsp3) is 0.125. The summed E-state index contributed by atoms with van der Waals surface area (Å²) in [5, 5.41) is 20.9. The van der Waals surface area contributed by atoms with Gasteiger partial charge in [-0.1, -0.05) is 30.0 Å². The van der Waals surface area contributed by atoms with E-state index < -0.39 is 0 Å². The van der Waals surface area contributed by atoms with Crippen LogP contribution in [0.3, 0.4) is 0 Å². The smallest absolute Gasteiger partial charge is 0.234 e. The Kier molecular flexibility index (Phi) is 5.25. The maximum Gasteiger partial charge on any atom is 0.234 e. The molecule has 120 valence electrons. The number of nitriles is 1. The topological polar surface area (TPSA) is 94.5 Å². The normalized spacial score (nSPS) is 10.3. The molecule has 0 atom stereocenters. The van der Waals surface area contributed by atoms with Crippen LogP contribution in [0.15, 0.2) is 46.9 Å². The fourth-order valence-corrected chi connectivity index (χ4v) is 3.22. The third-order valence-corrected chi connectivity index (χ3v) is 4.80. The molecule has 2 aromatic heterocycles. The van der Waals surface area contributed by atoms with Crippen molar-refractivity contribution in [2.24, 2.45) is 0 Å². The van der Waals surface area contributed by atoms with E-state index in [0.717, 1.165) is 10.4 Å². The molecule has 0 radical (unpaired) electrons. The van der Waals surface area contributed by atoms with Crippen LogP contribution in [0.1, 0.15) is 5.56 Å². The van der Waals surface area contributed by atoms with Crippen molar-refractivity contribution in [1.82, 2.24) is 15.2 Å². The number of benzene rings is 1. The van der Waals surface area contributed by atoms with Crippen LogP contribution in [0.25, 0.3) is 10.7 Å². The number of hydrogen-bond donors (Lipinski definition) is 2. The molecule has 3 aromatic rings. The number of thiophene rings is 1. The van der Waals surface area contributed by atoms with Gasteiger partial charge in [0.2, 0.25) is 11.1 Å². The highest BCUT2D eigenvalue weighted by Gasteiger charge is 2.09. The summed E-state index contributed by atoms with van der Waals surface area (Å²) in [4.78, 5) is 17.4. The number of carbonyl (C=O) groups is 1. The zero-order valence-electron chi connectivity index (χ0n) is 12.5.